The SMILES string of the molecule is COC(C(O)Cc1c(Cl)c(C)nn1C)C1CC1. The second kappa shape index (κ2) is 4.96. The van der Waals surface area contributed by atoms with Gasteiger partial charge in [0.1, 0.15) is 0 Å². The maximum atomic E-state index is 10.2. The molecule has 0 radical (unpaired) electrons. The smallest absolute Gasteiger partial charge is 0.0862 e. The monoisotopic (exact) mass is 258 g/mol. The van der Waals surface area contributed by atoms with Gasteiger partial charge in [0.05, 0.1) is 28.6 Å². The molecule has 1 aromatic heterocycles. The zero-order valence-corrected chi connectivity index (χ0v) is 11.2. The lowest BCUT2D eigenvalue weighted by Gasteiger charge is -2.21. The van der Waals surface area contributed by atoms with E-state index in [0.717, 1.165) is 24.2 Å². The summed E-state index contributed by atoms with van der Waals surface area (Å²) in [6, 6.07) is 0. The molecule has 1 aliphatic carbocycles. The van der Waals surface area contributed by atoms with Crippen LogP contribution >= 0.6 is 11.6 Å². The van der Waals surface area contributed by atoms with Gasteiger partial charge in [0.15, 0.2) is 0 Å². The minimum absolute atomic E-state index is 0.0822. The second-order valence-corrected chi connectivity index (χ2v) is 5.16. The van der Waals surface area contributed by atoms with E-state index in [9.17, 15) is 5.11 Å². The van der Waals surface area contributed by atoms with Crippen molar-refractivity contribution in [2.45, 2.75) is 38.4 Å². The third-order valence-electron chi connectivity index (χ3n) is 3.40. The number of aromatic nitrogens is 2. The Labute approximate surface area is 107 Å². The predicted octanol–water partition coefficient (Wildman–Crippen LogP) is 1.71. The molecule has 1 saturated carbocycles. The van der Waals surface area contributed by atoms with E-state index >= 15 is 0 Å². The first-order valence-corrected chi connectivity index (χ1v) is 6.31. The van der Waals surface area contributed by atoms with Gasteiger partial charge in [-0.15, -0.1) is 0 Å². The second-order valence-electron chi connectivity index (χ2n) is 4.78. The normalized spacial score (nSPS) is 19.4. The summed E-state index contributed by atoms with van der Waals surface area (Å²) in [7, 11) is 3.50. The van der Waals surface area contributed by atoms with Gasteiger partial charge >= 0.3 is 0 Å². The number of aryl methyl sites for hydroxylation is 2. The van der Waals surface area contributed by atoms with Gasteiger partial charge in [0.25, 0.3) is 0 Å². The number of hydrogen-bond acceptors (Lipinski definition) is 3. The highest BCUT2D eigenvalue weighted by Gasteiger charge is 2.36. The molecule has 1 aromatic rings. The fourth-order valence-electron chi connectivity index (χ4n) is 2.30. The van der Waals surface area contributed by atoms with Crippen molar-refractivity contribution in [3.05, 3.63) is 16.4 Å². The van der Waals surface area contributed by atoms with Crippen LogP contribution in [0.2, 0.25) is 5.02 Å². The fraction of sp³-hybridized carbons (Fsp3) is 0.750. The molecular formula is C12H19ClN2O2. The Kier molecular flexibility index (Phi) is 3.76. The predicted molar refractivity (Wildman–Crippen MR) is 66.2 cm³/mol. The van der Waals surface area contributed by atoms with E-state index in [0.29, 0.717) is 17.4 Å². The van der Waals surface area contributed by atoms with E-state index < -0.39 is 6.10 Å². The third kappa shape index (κ3) is 2.64. The van der Waals surface area contributed by atoms with Crippen molar-refractivity contribution < 1.29 is 9.84 Å². The van der Waals surface area contributed by atoms with E-state index in [1.165, 1.54) is 0 Å². The van der Waals surface area contributed by atoms with Crippen molar-refractivity contribution in [2.24, 2.45) is 13.0 Å². The van der Waals surface area contributed by atoms with Crippen molar-refractivity contribution in [3.8, 4) is 0 Å². The zero-order chi connectivity index (χ0) is 12.6. The maximum Gasteiger partial charge on any atom is 0.0862 e. The molecule has 5 heteroatoms. The van der Waals surface area contributed by atoms with Gasteiger partial charge in [0.2, 0.25) is 0 Å². The number of nitrogens with zero attached hydrogens (tertiary/aromatic N) is 2. The van der Waals surface area contributed by atoms with Crippen LogP contribution in [0.25, 0.3) is 0 Å². The topological polar surface area (TPSA) is 47.3 Å². The van der Waals surface area contributed by atoms with Crippen LogP contribution in [0.5, 0.6) is 0 Å². The highest BCUT2D eigenvalue weighted by atomic mass is 35.5. The lowest BCUT2D eigenvalue weighted by molar-refractivity contribution is -0.0245. The van der Waals surface area contributed by atoms with Crippen molar-refractivity contribution in [1.82, 2.24) is 9.78 Å². The maximum absolute atomic E-state index is 10.2. The van der Waals surface area contributed by atoms with Gasteiger partial charge in [-0.25, -0.2) is 0 Å². The summed E-state index contributed by atoms with van der Waals surface area (Å²) in [5.74, 6) is 0.503. The number of rotatable bonds is 5. The van der Waals surface area contributed by atoms with Crippen LogP contribution in [0.1, 0.15) is 24.2 Å². The van der Waals surface area contributed by atoms with Crippen LogP contribution < -0.4 is 0 Å². The Morgan fingerprint density at radius 3 is 2.65 bits per heavy atom. The molecule has 17 heavy (non-hydrogen) atoms. The van der Waals surface area contributed by atoms with Crippen LogP contribution in [-0.2, 0) is 18.2 Å². The first kappa shape index (κ1) is 12.9. The molecule has 1 N–H and O–H groups in total. The van der Waals surface area contributed by atoms with Gasteiger partial charge in [0, 0.05) is 20.6 Å². The molecule has 1 aliphatic rings. The van der Waals surface area contributed by atoms with Gasteiger partial charge in [-0.1, -0.05) is 11.6 Å². The van der Waals surface area contributed by atoms with Crippen LogP contribution in [-0.4, -0.2) is 34.2 Å². The molecule has 0 amide bonds. The van der Waals surface area contributed by atoms with Crippen molar-refractivity contribution in [1.29, 1.82) is 0 Å². The minimum atomic E-state index is -0.514. The average molecular weight is 259 g/mol. The Bertz CT molecular complexity index is 401. The number of aliphatic hydroxyl groups is 1. The van der Waals surface area contributed by atoms with E-state index in [2.05, 4.69) is 5.10 Å². The molecule has 0 spiro atoms. The summed E-state index contributed by atoms with van der Waals surface area (Å²) in [6.45, 7) is 1.87. The Hall–Kier alpha value is -0.580. The molecule has 2 rings (SSSR count). The summed E-state index contributed by atoms with van der Waals surface area (Å²) in [6.07, 6.45) is 2.19. The Morgan fingerprint density at radius 2 is 2.24 bits per heavy atom. The zero-order valence-electron chi connectivity index (χ0n) is 10.5. The van der Waals surface area contributed by atoms with Crippen LogP contribution in [0, 0.1) is 12.8 Å². The Balaban J connectivity index is 2.08. The van der Waals surface area contributed by atoms with E-state index in [1.807, 2.05) is 14.0 Å². The summed E-state index contributed by atoms with van der Waals surface area (Å²) in [5.41, 5.74) is 1.68. The van der Waals surface area contributed by atoms with E-state index in [1.54, 1.807) is 11.8 Å². The summed E-state index contributed by atoms with van der Waals surface area (Å²) < 4.78 is 7.11. The standard InChI is InChI=1S/C12H19ClN2O2/c1-7-11(13)9(15(2)14-7)6-10(16)12(17-3)8-4-5-8/h8,10,12,16H,4-6H2,1-3H3. The number of hydrogen-bond donors (Lipinski definition) is 1. The summed E-state index contributed by atoms with van der Waals surface area (Å²) in [5, 5.41) is 15.1. The molecule has 1 heterocycles. The third-order valence-corrected chi connectivity index (χ3v) is 3.89. The Morgan fingerprint density at radius 1 is 1.59 bits per heavy atom. The van der Waals surface area contributed by atoms with E-state index in [4.69, 9.17) is 16.3 Å². The van der Waals surface area contributed by atoms with Crippen molar-refractivity contribution in [2.75, 3.05) is 7.11 Å². The highest BCUT2D eigenvalue weighted by Crippen LogP contribution is 2.36. The van der Waals surface area contributed by atoms with Gasteiger partial charge in [-0.2, -0.15) is 5.10 Å². The number of ether oxygens (including phenoxy) is 1. The van der Waals surface area contributed by atoms with Gasteiger partial charge < -0.3 is 9.84 Å². The molecule has 0 saturated heterocycles. The molecule has 2 unspecified atom stereocenters. The lowest BCUT2D eigenvalue weighted by Crippen LogP contribution is -2.32. The van der Waals surface area contributed by atoms with Crippen molar-refractivity contribution >= 4 is 11.6 Å². The average Bonchev–Trinajstić information content (AvgIpc) is 3.06. The molecular weight excluding hydrogens is 240 g/mol. The minimum Gasteiger partial charge on any atom is -0.390 e. The quantitative estimate of drug-likeness (QED) is 0.875. The molecule has 0 aliphatic heterocycles. The highest BCUT2D eigenvalue weighted by molar-refractivity contribution is 6.31. The van der Waals surface area contributed by atoms with E-state index in [-0.39, 0.29) is 6.10 Å². The van der Waals surface area contributed by atoms with Crippen LogP contribution in [0.4, 0.5) is 0 Å². The molecule has 2 atom stereocenters. The molecule has 4 nitrogen and oxygen atoms in total. The number of aliphatic hydroxyl groups excluding tert-OH is 1. The molecule has 0 bridgehead atoms. The van der Waals surface area contributed by atoms with Crippen molar-refractivity contribution in [3.63, 3.8) is 0 Å². The summed E-state index contributed by atoms with van der Waals surface area (Å²) in [4.78, 5) is 0. The first-order chi connectivity index (χ1) is 8.04. The molecule has 96 valence electrons. The number of halogens is 1. The van der Waals surface area contributed by atoms with Gasteiger partial charge in [-0.3, -0.25) is 4.68 Å². The molecule has 1 fully saturated rings. The first-order valence-electron chi connectivity index (χ1n) is 5.93. The van der Waals surface area contributed by atoms with Crippen LogP contribution in [0.15, 0.2) is 0 Å². The largest absolute Gasteiger partial charge is 0.390 e. The van der Waals surface area contributed by atoms with Gasteiger partial charge in [-0.05, 0) is 25.7 Å². The lowest BCUT2D eigenvalue weighted by atomic mass is 10.0. The summed E-state index contributed by atoms with van der Waals surface area (Å²) >= 11 is 6.17. The van der Waals surface area contributed by atoms with Crippen LogP contribution in [0.3, 0.4) is 0 Å². The number of methoxy groups -OCH3 is 1. The molecule has 0 aromatic carbocycles. The fourth-order valence-corrected chi connectivity index (χ4v) is 2.54.